The molecule has 0 fully saturated rings. The first-order chi connectivity index (χ1) is 28.7. The highest BCUT2D eigenvalue weighted by atomic mass is 14.0. The maximum Gasteiger partial charge on any atom is -0.0152 e. The SMILES string of the molecule is Cc1ccc(C)c2ccccc12.Cc1ccc(C)cc1.Cc1ccc2ccc(C)cc2c1.Cc1cccc(C)c1.Cc1cccc2c(C)cccc12.Cc1ccccc1C. The fraction of sp³-hybridized carbons (Fsp3) is 0.200. The zero-order valence-electron chi connectivity index (χ0n) is 38.3. The predicted molar refractivity (Wildman–Crippen MR) is 268 cm³/mol. The van der Waals surface area contributed by atoms with Crippen molar-refractivity contribution in [2.75, 3.05) is 0 Å². The Kier molecular flexibility index (Phi) is 18.1. The zero-order chi connectivity index (χ0) is 43.6. The van der Waals surface area contributed by atoms with Crippen LogP contribution in [0.2, 0.25) is 0 Å². The number of fused-ring (bicyclic) bond motifs is 3. The molecule has 9 rings (SSSR count). The van der Waals surface area contributed by atoms with Crippen LogP contribution in [0.15, 0.2) is 182 Å². The maximum atomic E-state index is 2.22. The summed E-state index contributed by atoms with van der Waals surface area (Å²) in [4.78, 5) is 0. The van der Waals surface area contributed by atoms with Gasteiger partial charge in [-0.3, -0.25) is 0 Å². The van der Waals surface area contributed by atoms with E-state index in [0.717, 1.165) is 0 Å². The molecule has 0 N–H and O–H groups in total. The molecule has 9 aromatic rings. The normalized spacial score (nSPS) is 10.0. The minimum atomic E-state index is 1.33. The molecule has 0 aromatic heterocycles. The molecule has 0 saturated carbocycles. The number of aryl methyl sites for hydroxylation is 12. The van der Waals surface area contributed by atoms with Gasteiger partial charge in [0.05, 0.1) is 0 Å². The van der Waals surface area contributed by atoms with Crippen LogP contribution < -0.4 is 0 Å². The number of hydrogen-bond acceptors (Lipinski definition) is 0. The van der Waals surface area contributed by atoms with Gasteiger partial charge in [-0.15, -0.1) is 0 Å². The van der Waals surface area contributed by atoms with Crippen LogP contribution >= 0.6 is 0 Å². The van der Waals surface area contributed by atoms with Crippen LogP contribution in [0.25, 0.3) is 32.3 Å². The van der Waals surface area contributed by atoms with Gasteiger partial charge < -0.3 is 0 Å². The molecule has 0 spiro atoms. The van der Waals surface area contributed by atoms with E-state index in [-0.39, 0.29) is 0 Å². The van der Waals surface area contributed by atoms with Crippen LogP contribution in [0, 0.1) is 83.1 Å². The third-order valence-corrected chi connectivity index (χ3v) is 10.7. The second-order valence-electron chi connectivity index (χ2n) is 16.2. The summed E-state index contributed by atoms with van der Waals surface area (Å²) in [5.41, 5.74) is 16.2. The molecule has 0 heterocycles. The van der Waals surface area contributed by atoms with Gasteiger partial charge >= 0.3 is 0 Å². The van der Waals surface area contributed by atoms with Gasteiger partial charge in [0.2, 0.25) is 0 Å². The van der Waals surface area contributed by atoms with E-state index in [1.165, 1.54) is 99.1 Å². The molecule has 306 valence electrons. The summed E-state index contributed by atoms with van der Waals surface area (Å²) in [6.45, 7) is 25.5. The van der Waals surface area contributed by atoms with Gasteiger partial charge in [0.1, 0.15) is 0 Å². The Morgan fingerprint density at radius 3 is 0.817 bits per heavy atom. The summed E-state index contributed by atoms with van der Waals surface area (Å²) in [6, 6.07) is 64.2. The van der Waals surface area contributed by atoms with E-state index in [9.17, 15) is 0 Å². The molecule has 0 amide bonds. The van der Waals surface area contributed by atoms with Gasteiger partial charge in [-0.2, -0.15) is 0 Å². The molecule has 0 aliphatic heterocycles. The Labute approximate surface area is 362 Å². The molecule has 0 heteroatoms. The molecule has 0 bridgehead atoms. The Morgan fingerprint density at radius 1 is 0.183 bits per heavy atom. The topological polar surface area (TPSA) is 0 Å². The van der Waals surface area contributed by atoms with E-state index in [0.29, 0.717) is 0 Å². The smallest absolute Gasteiger partial charge is 0.0152 e. The molecule has 60 heavy (non-hydrogen) atoms. The largest absolute Gasteiger partial charge is 0.0620 e. The molecule has 0 nitrogen and oxygen atoms in total. The summed E-state index contributed by atoms with van der Waals surface area (Å²) in [6.07, 6.45) is 0. The highest BCUT2D eigenvalue weighted by Crippen LogP contribution is 2.22. The van der Waals surface area contributed by atoms with Gasteiger partial charge in [0, 0.05) is 0 Å². The third kappa shape index (κ3) is 14.9. The highest BCUT2D eigenvalue weighted by Gasteiger charge is 1.98. The summed E-state index contributed by atoms with van der Waals surface area (Å²) < 4.78 is 0. The lowest BCUT2D eigenvalue weighted by molar-refractivity contribution is 1.34. The van der Waals surface area contributed by atoms with Crippen molar-refractivity contribution < 1.29 is 0 Å². The van der Waals surface area contributed by atoms with E-state index in [1.54, 1.807) is 0 Å². The van der Waals surface area contributed by atoms with Crippen molar-refractivity contribution in [2.45, 2.75) is 83.1 Å². The lowest BCUT2D eigenvalue weighted by Crippen LogP contribution is -1.80. The minimum absolute atomic E-state index is 1.33. The van der Waals surface area contributed by atoms with Crippen molar-refractivity contribution in [3.63, 3.8) is 0 Å². The molecule has 0 unspecified atom stereocenters. The van der Waals surface area contributed by atoms with Crippen LogP contribution in [0.1, 0.15) is 66.8 Å². The molecular formula is C60H66. The Morgan fingerprint density at radius 2 is 0.467 bits per heavy atom. The summed E-state index contributed by atoms with van der Waals surface area (Å²) in [5, 5.41) is 8.16. The van der Waals surface area contributed by atoms with Crippen molar-refractivity contribution in [3.8, 4) is 0 Å². The Hall–Kier alpha value is -6.24. The average Bonchev–Trinajstić information content (AvgIpc) is 3.23. The Balaban J connectivity index is 0.000000161. The molecule has 0 aliphatic carbocycles. The number of hydrogen-bond donors (Lipinski definition) is 0. The van der Waals surface area contributed by atoms with Crippen molar-refractivity contribution in [3.05, 3.63) is 249 Å². The van der Waals surface area contributed by atoms with E-state index in [2.05, 4.69) is 265 Å². The zero-order valence-corrected chi connectivity index (χ0v) is 38.3. The van der Waals surface area contributed by atoms with Gasteiger partial charge in [-0.25, -0.2) is 0 Å². The average molecular weight is 787 g/mol. The highest BCUT2D eigenvalue weighted by molar-refractivity contribution is 5.89. The first-order valence-electron chi connectivity index (χ1n) is 21.2. The maximum absolute atomic E-state index is 2.22. The van der Waals surface area contributed by atoms with Crippen LogP contribution in [0.5, 0.6) is 0 Å². The minimum Gasteiger partial charge on any atom is -0.0620 e. The molecular weight excluding hydrogens is 721 g/mol. The molecule has 0 saturated heterocycles. The fourth-order valence-electron chi connectivity index (χ4n) is 6.82. The summed E-state index contributed by atoms with van der Waals surface area (Å²) in [7, 11) is 0. The lowest BCUT2D eigenvalue weighted by atomic mass is 10.0. The van der Waals surface area contributed by atoms with Crippen molar-refractivity contribution >= 4 is 32.3 Å². The molecule has 9 aromatic carbocycles. The molecule has 0 radical (unpaired) electrons. The second-order valence-corrected chi connectivity index (χ2v) is 16.2. The van der Waals surface area contributed by atoms with Gasteiger partial charge in [-0.05, 0) is 149 Å². The first-order valence-corrected chi connectivity index (χ1v) is 21.2. The monoisotopic (exact) mass is 787 g/mol. The second kappa shape index (κ2) is 23.4. The van der Waals surface area contributed by atoms with Crippen LogP contribution in [0.3, 0.4) is 0 Å². The summed E-state index contributed by atoms with van der Waals surface area (Å²) in [5.74, 6) is 0. The van der Waals surface area contributed by atoms with E-state index < -0.39 is 0 Å². The first kappa shape index (κ1) is 46.4. The van der Waals surface area contributed by atoms with Crippen LogP contribution in [-0.4, -0.2) is 0 Å². The van der Waals surface area contributed by atoms with Gasteiger partial charge in [0.15, 0.2) is 0 Å². The predicted octanol–water partition coefficient (Wildman–Crippen LogP) is 17.3. The van der Waals surface area contributed by atoms with Crippen molar-refractivity contribution in [1.82, 2.24) is 0 Å². The third-order valence-electron chi connectivity index (χ3n) is 10.7. The molecule has 0 aliphatic rings. The summed E-state index contributed by atoms with van der Waals surface area (Å²) >= 11 is 0. The number of rotatable bonds is 0. The standard InChI is InChI=1S/3C12H12.3C8H10/c1-9-3-5-11-6-4-10(2)8-12(11)7-9;1-9-5-3-8-12-10(2)6-4-7-11(9)12;1-9-7-8-10(2)12-6-4-3-5-11(9)12;1-7-3-5-8(2)6-4-7;1-7-4-3-5-8(2)6-7;1-7-5-3-4-6-8(7)2/h3*3-8H,1-2H3;3*3-6H,1-2H3. The number of benzene rings is 9. The van der Waals surface area contributed by atoms with Gasteiger partial charge in [0.25, 0.3) is 0 Å². The van der Waals surface area contributed by atoms with E-state index in [1.807, 2.05) is 0 Å². The van der Waals surface area contributed by atoms with Crippen LogP contribution in [0.4, 0.5) is 0 Å². The van der Waals surface area contributed by atoms with Crippen molar-refractivity contribution in [1.29, 1.82) is 0 Å². The van der Waals surface area contributed by atoms with Gasteiger partial charge in [-0.1, -0.05) is 215 Å². The van der Waals surface area contributed by atoms with E-state index >= 15 is 0 Å². The lowest BCUT2D eigenvalue weighted by Gasteiger charge is -2.03. The molecule has 0 atom stereocenters. The fourth-order valence-corrected chi connectivity index (χ4v) is 6.82. The van der Waals surface area contributed by atoms with Crippen LogP contribution in [-0.2, 0) is 0 Å². The van der Waals surface area contributed by atoms with Crippen molar-refractivity contribution in [2.24, 2.45) is 0 Å². The quantitative estimate of drug-likeness (QED) is 0.144. The van der Waals surface area contributed by atoms with E-state index in [4.69, 9.17) is 0 Å². The Bertz CT molecular complexity index is 2500.